The van der Waals surface area contributed by atoms with Gasteiger partial charge in [0.25, 0.3) is 0 Å². The Morgan fingerprint density at radius 3 is 2.17 bits per heavy atom. The molecule has 1 saturated carbocycles. The lowest BCUT2D eigenvalue weighted by Gasteiger charge is -2.34. The third kappa shape index (κ3) is 5.82. The zero-order chi connectivity index (χ0) is 24.8. The van der Waals surface area contributed by atoms with E-state index in [1.54, 1.807) is 0 Å². The predicted molar refractivity (Wildman–Crippen MR) is 130 cm³/mol. The van der Waals surface area contributed by atoms with Gasteiger partial charge in [0.15, 0.2) is 0 Å². The van der Waals surface area contributed by atoms with Crippen molar-refractivity contribution >= 4 is 18.0 Å². The molecule has 1 fully saturated rings. The summed E-state index contributed by atoms with van der Waals surface area (Å²) in [5.74, 6) is -1.40. The summed E-state index contributed by atoms with van der Waals surface area (Å²) >= 11 is 0. The summed E-state index contributed by atoms with van der Waals surface area (Å²) in [6, 6.07) is 14.8. The number of methoxy groups -OCH3 is 1. The quantitative estimate of drug-likeness (QED) is 0.452. The van der Waals surface area contributed by atoms with Gasteiger partial charge in [0.1, 0.15) is 12.6 Å². The third-order valence-corrected chi connectivity index (χ3v) is 7.02. The monoisotopic (exact) mass is 480 g/mol. The lowest BCUT2D eigenvalue weighted by Crippen LogP contribution is -2.48. The van der Waals surface area contributed by atoms with Crippen molar-refractivity contribution in [3.8, 4) is 11.1 Å². The normalized spacial score (nSPS) is 16.4. The molecule has 0 bridgehead atoms. The van der Waals surface area contributed by atoms with Crippen LogP contribution in [0.1, 0.15) is 49.1 Å². The molecule has 0 spiro atoms. The second kappa shape index (κ2) is 11.4. The number of carbonyl (C=O) groups excluding carboxylic acids is 2. The number of carboxylic acids is 1. The molecule has 2 amide bonds. The van der Waals surface area contributed by atoms with Crippen LogP contribution in [-0.4, -0.2) is 55.5 Å². The van der Waals surface area contributed by atoms with Crippen molar-refractivity contribution in [3.63, 3.8) is 0 Å². The number of aliphatic carboxylic acids is 1. The van der Waals surface area contributed by atoms with Gasteiger partial charge < -0.3 is 25.2 Å². The summed E-state index contributed by atoms with van der Waals surface area (Å²) in [5, 5.41) is 14.8. The smallest absolute Gasteiger partial charge is 0.407 e. The van der Waals surface area contributed by atoms with Crippen LogP contribution in [0.2, 0.25) is 0 Å². The topological polar surface area (TPSA) is 114 Å². The van der Waals surface area contributed by atoms with Gasteiger partial charge in [-0.3, -0.25) is 4.79 Å². The van der Waals surface area contributed by atoms with Crippen LogP contribution in [0.5, 0.6) is 0 Å². The van der Waals surface area contributed by atoms with E-state index in [1.165, 1.54) is 7.11 Å². The summed E-state index contributed by atoms with van der Waals surface area (Å²) in [4.78, 5) is 36.8. The zero-order valence-corrected chi connectivity index (χ0v) is 19.9. The number of carboxylic acid groups (broad SMARTS) is 1. The second-order valence-electron chi connectivity index (χ2n) is 9.21. The standard InChI is InChI=1S/C27H32N2O6/c1-34-14-13-23(26(31)32)28-25(30)15-24(17-7-6-8-17)29-27(33)35-16-22-20-11-4-2-9-18(20)19-10-3-5-12-21(19)22/h2-5,9-12,17,22-24H,6-8,13-16H2,1H3,(H,28,30)(H,29,33)(H,31,32). The molecule has 2 aliphatic rings. The first kappa shape index (κ1) is 24.7. The fourth-order valence-electron chi connectivity index (χ4n) is 4.92. The molecule has 2 atom stereocenters. The highest BCUT2D eigenvalue weighted by atomic mass is 16.5. The van der Waals surface area contributed by atoms with E-state index in [-0.39, 0.29) is 37.9 Å². The molecule has 35 heavy (non-hydrogen) atoms. The largest absolute Gasteiger partial charge is 0.480 e. The number of carbonyl (C=O) groups is 3. The number of ether oxygens (including phenoxy) is 2. The van der Waals surface area contributed by atoms with Crippen LogP contribution >= 0.6 is 0 Å². The van der Waals surface area contributed by atoms with Crippen molar-refractivity contribution in [2.45, 2.75) is 50.1 Å². The zero-order valence-electron chi connectivity index (χ0n) is 19.9. The minimum atomic E-state index is -1.11. The van der Waals surface area contributed by atoms with Crippen molar-refractivity contribution in [1.82, 2.24) is 10.6 Å². The average molecular weight is 481 g/mol. The molecular formula is C27H32N2O6. The molecule has 4 rings (SSSR count). The number of alkyl carbamates (subject to hydrolysis) is 1. The Morgan fingerprint density at radius 2 is 1.63 bits per heavy atom. The summed E-state index contributed by atoms with van der Waals surface area (Å²) in [5.41, 5.74) is 4.57. The number of amides is 2. The fraction of sp³-hybridized carbons (Fsp3) is 0.444. The molecule has 0 aliphatic heterocycles. The molecule has 0 heterocycles. The highest BCUT2D eigenvalue weighted by molar-refractivity contribution is 5.84. The number of hydrogen-bond acceptors (Lipinski definition) is 5. The van der Waals surface area contributed by atoms with Crippen LogP contribution in [0.3, 0.4) is 0 Å². The highest BCUT2D eigenvalue weighted by Gasteiger charge is 2.33. The van der Waals surface area contributed by atoms with E-state index < -0.39 is 30.1 Å². The molecule has 0 aromatic heterocycles. The summed E-state index contributed by atoms with van der Waals surface area (Å²) in [6.07, 6.45) is 2.48. The van der Waals surface area contributed by atoms with Crippen molar-refractivity contribution in [2.24, 2.45) is 5.92 Å². The molecule has 2 aromatic rings. The molecule has 8 nitrogen and oxygen atoms in total. The molecule has 0 saturated heterocycles. The van der Waals surface area contributed by atoms with Crippen molar-refractivity contribution in [2.75, 3.05) is 20.3 Å². The van der Waals surface area contributed by atoms with Crippen molar-refractivity contribution in [1.29, 1.82) is 0 Å². The minimum absolute atomic E-state index is 0.00558. The van der Waals surface area contributed by atoms with Crippen LogP contribution in [0, 0.1) is 5.92 Å². The first-order chi connectivity index (χ1) is 17.0. The highest BCUT2D eigenvalue weighted by Crippen LogP contribution is 2.44. The van der Waals surface area contributed by atoms with E-state index in [0.717, 1.165) is 41.5 Å². The molecule has 2 unspecified atom stereocenters. The van der Waals surface area contributed by atoms with Gasteiger partial charge in [0.05, 0.1) is 0 Å². The molecule has 2 aliphatic carbocycles. The number of hydrogen-bond donors (Lipinski definition) is 3. The first-order valence-corrected chi connectivity index (χ1v) is 12.1. The maximum absolute atomic E-state index is 12.8. The number of nitrogens with one attached hydrogen (secondary N) is 2. The molecule has 0 radical (unpaired) electrons. The van der Waals surface area contributed by atoms with E-state index in [0.29, 0.717) is 0 Å². The Labute approximate surface area is 205 Å². The summed E-state index contributed by atoms with van der Waals surface area (Å²) in [7, 11) is 1.48. The van der Waals surface area contributed by atoms with Crippen molar-refractivity contribution in [3.05, 3.63) is 59.7 Å². The first-order valence-electron chi connectivity index (χ1n) is 12.1. The van der Waals surface area contributed by atoms with Gasteiger partial charge >= 0.3 is 12.1 Å². The average Bonchev–Trinajstić information content (AvgIpc) is 3.13. The summed E-state index contributed by atoms with van der Waals surface area (Å²) < 4.78 is 10.6. The minimum Gasteiger partial charge on any atom is -0.480 e. The van der Waals surface area contributed by atoms with Crippen LogP contribution in [0.4, 0.5) is 4.79 Å². The molecule has 186 valence electrons. The van der Waals surface area contributed by atoms with Crippen LogP contribution in [0.25, 0.3) is 11.1 Å². The molecule has 8 heteroatoms. The van der Waals surface area contributed by atoms with Gasteiger partial charge in [-0.05, 0) is 41.0 Å². The van der Waals surface area contributed by atoms with Gasteiger partial charge in [-0.15, -0.1) is 0 Å². The van der Waals surface area contributed by atoms with E-state index in [2.05, 4.69) is 34.9 Å². The fourth-order valence-corrected chi connectivity index (χ4v) is 4.92. The van der Waals surface area contributed by atoms with Gasteiger partial charge in [-0.1, -0.05) is 55.0 Å². The number of rotatable bonds is 11. The Balaban J connectivity index is 1.36. The molecule has 3 N–H and O–H groups in total. The summed E-state index contributed by atoms with van der Waals surface area (Å²) in [6.45, 7) is 0.419. The van der Waals surface area contributed by atoms with Gasteiger partial charge in [-0.2, -0.15) is 0 Å². The van der Waals surface area contributed by atoms with Crippen molar-refractivity contribution < 1.29 is 29.0 Å². The maximum Gasteiger partial charge on any atom is 0.407 e. The van der Waals surface area contributed by atoms with Gasteiger partial charge in [0, 0.05) is 38.5 Å². The lowest BCUT2D eigenvalue weighted by molar-refractivity contribution is -0.142. The van der Waals surface area contributed by atoms with Gasteiger partial charge in [0.2, 0.25) is 5.91 Å². The SMILES string of the molecule is COCCC(NC(=O)CC(NC(=O)OCC1c2ccccc2-c2ccccc21)C1CCC1)C(=O)O. The Hall–Kier alpha value is -3.39. The Kier molecular flexibility index (Phi) is 8.02. The van der Waals surface area contributed by atoms with Crippen LogP contribution in [0.15, 0.2) is 48.5 Å². The van der Waals surface area contributed by atoms with Crippen LogP contribution < -0.4 is 10.6 Å². The Morgan fingerprint density at radius 1 is 1.00 bits per heavy atom. The lowest BCUT2D eigenvalue weighted by atomic mass is 9.78. The second-order valence-corrected chi connectivity index (χ2v) is 9.21. The molecule has 2 aromatic carbocycles. The van der Waals surface area contributed by atoms with E-state index in [1.807, 2.05) is 24.3 Å². The maximum atomic E-state index is 12.8. The third-order valence-electron chi connectivity index (χ3n) is 7.02. The number of fused-ring (bicyclic) bond motifs is 3. The van der Waals surface area contributed by atoms with Gasteiger partial charge in [-0.25, -0.2) is 9.59 Å². The van der Waals surface area contributed by atoms with E-state index in [4.69, 9.17) is 9.47 Å². The number of benzene rings is 2. The van der Waals surface area contributed by atoms with E-state index >= 15 is 0 Å². The van der Waals surface area contributed by atoms with Crippen LogP contribution in [-0.2, 0) is 19.1 Å². The Bertz CT molecular complexity index is 1020. The predicted octanol–water partition coefficient (Wildman–Crippen LogP) is 3.69. The molecular weight excluding hydrogens is 448 g/mol. The van der Waals surface area contributed by atoms with E-state index in [9.17, 15) is 19.5 Å².